The largest absolute Gasteiger partial charge is 0.480 e. The van der Waals surface area contributed by atoms with Gasteiger partial charge >= 0.3 is 5.97 Å². The standard InChI is InChI=1S/C10H15NO4/c1-6(2)9(13)11-7(10(14)15)4-3-5-8(11)12/h6-7H,3-5H2,1-2H3,(H,14,15). The third kappa shape index (κ3) is 2.34. The van der Waals surface area contributed by atoms with Crippen molar-refractivity contribution in [3.8, 4) is 0 Å². The number of carbonyl (C=O) groups excluding carboxylic acids is 2. The minimum atomic E-state index is -1.10. The van der Waals surface area contributed by atoms with Gasteiger partial charge in [0.05, 0.1) is 0 Å². The van der Waals surface area contributed by atoms with Gasteiger partial charge in [0.25, 0.3) is 0 Å². The fourth-order valence-electron chi connectivity index (χ4n) is 1.66. The molecule has 1 heterocycles. The minimum Gasteiger partial charge on any atom is -0.480 e. The number of imide groups is 1. The number of amides is 2. The van der Waals surface area contributed by atoms with Crippen LogP contribution in [0.15, 0.2) is 0 Å². The molecule has 0 aromatic carbocycles. The summed E-state index contributed by atoms with van der Waals surface area (Å²) in [6, 6.07) is -0.971. The van der Waals surface area contributed by atoms with Gasteiger partial charge in [-0.15, -0.1) is 0 Å². The minimum absolute atomic E-state index is 0.266. The Hall–Kier alpha value is -1.39. The number of rotatable bonds is 2. The first-order chi connectivity index (χ1) is 6.95. The monoisotopic (exact) mass is 213 g/mol. The first-order valence-corrected chi connectivity index (χ1v) is 5.04. The molecular formula is C10H15NO4. The molecule has 0 aliphatic carbocycles. The summed E-state index contributed by atoms with van der Waals surface area (Å²) in [7, 11) is 0. The van der Waals surface area contributed by atoms with Gasteiger partial charge in [-0.05, 0) is 12.8 Å². The predicted molar refractivity (Wildman–Crippen MR) is 52.0 cm³/mol. The zero-order chi connectivity index (χ0) is 11.6. The SMILES string of the molecule is CC(C)C(=O)N1C(=O)CCCC1C(=O)O. The maximum absolute atomic E-state index is 11.7. The van der Waals surface area contributed by atoms with Crippen molar-refractivity contribution < 1.29 is 19.5 Å². The zero-order valence-corrected chi connectivity index (χ0v) is 8.90. The van der Waals surface area contributed by atoms with E-state index in [0.29, 0.717) is 12.8 Å². The van der Waals surface area contributed by atoms with E-state index in [4.69, 9.17) is 5.11 Å². The Bertz CT molecular complexity index is 298. The molecule has 5 nitrogen and oxygen atoms in total. The van der Waals surface area contributed by atoms with Crippen LogP contribution in [-0.4, -0.2) is 33.8 Å². The van der Waals surface area contributed by atoms with Crippen molar-refractivity contribution in [1.82, 2.24) is 4.90 Å². The van der Waals surface area contributed by atoms with Gasteiger partial charge in [0.2, 0.25) is 11.8 Å². The Morgan fingerprint density at radius 2 is 2.07 bits per heavy atom. The summed E-state index contributed by atoms with van der Waals surface area (Å²) in [6.07, 6.45) is 1.17. The molecule has 1 unspecified atom stereocenters. The highest BCUT2D eigenvalue weighted by molar-refractivity contribution is 6.00. The van der Waals surface area contributed by atoms with Crippen LogP contribution in [0.4, 0.5) is 0 Å². The van der Waals surface area contributed by atoms with Crippen LogP contribution in [0.3, 0.4) is 0 Å². The average Bonchev–Trinajstić information content (AvgIpc) is 2.16. The van der Waals surface area contributed by atoms with Crippen LogP contribution < -0.4 is 0 Å². The van der Waals surface area contributed by atoms with E-state index in [-0.39, 0.29) is 18.2 Å². The van der Waals surface area contributed by atoms with E-state index in [1.807, 2.05) is 0 Å². The van der Waals surface area contributed by atoms with E-state index in [1.54, 1.807) is 13.8 Å². The van der Waals surface area contributed by atoms with Crippen LogP contribution in [-0.2, 0) is 14.4 Å². The van der Waals surface area contributed by atoms with Gasteiger partial charge in [-0.1, -0.05) is 13.8 Å². The number of aliphatic carboxylic acids is 1. The lowest BCUT2D eigenvalue weighted by Gasteiger charge is -2.32. The molecule has 1 N–H and O–H groups in total. The molecule has 0 radical (unpaired) electrons. The molecule has 1 aliphatic rings. The lowest BCUT2D eigenvalue weighted by Crippen LogP contribution is -2.52. The van der Waals surface area contributed by atoms with Gasteiger partial charge < -0.3 is 5.11 Å². The molecule has 1 saturated heterocycles. The van der Waals surface area contributed by atoms with Gasteiger partial charge in [0.1, 0.15) is 6.04 Å². The third-order valence-corrected chi connectivity index (χ3v) is 2.46. The molecule has 1 atom stereocenters. The highest BCUT2D eigenvalue weighted by Gasteiger charge is 2.38. The van der Waals surface area contributed by atoms with E-state index in [2.05, 4.69) is 0 Å². The number of nitrogens with zero attached hydrogens (tertiary/aromatic N) is 1. The van der Waals surface area contributed by atoms with E-state index in [9.17, 15) is 14.4 Å². The summed E-state index contributed by atoms with van der Waals surface area (Å²) in [6.45, 7) is 3.31. The molecule has 15 heavy (non-hydrogen) atoms. The van der Waals surface area contributed by atoms with Crippen LogP contribution in [0.2, 0.25) is 0 Å². The Morgan fingerprint density at radius 1 is 1.47 bits per heavy atom. The predicted octanol–water partition coefficient (Wildman–Crippen LogP) is 0.635. The number of carboxylic acid groups (broad SMARTS) is 1. The zero-order valence-electron chi connectivity index (χ0n) is 8.90. The maximum atomic E-state index is 11.7. The highest BCUT2D eigenvalue weighted by atomic mass is 16.4. The molecule has 0 aromatic heterocycles. The third-order valence-electron chi connectivity index (χ3n) is 2.46. The topological polar surface area (TPSA) is 74.7 Å². The van der Waals surface area contributed by atoms with Crippen molar-refractivity contribution in [2.75, 3.05) is 0 Å². The Labute approximate surface area is 88.1 Å². The molecule has 0 spiro atoms. The van der Waals surface area contributed by atoms with Crippen LogP contribution in [0, 0.1) is 5.92 Å². The van der Waals surface area contributed by atoms with Crippen molar-refractivity contribution in [2.45, 2.75) is 39.2 Å². The summed E-state index contributed by atoms with van der Waals surface area (Å²) in [5, 5.41) is 8.91. The Morgan fingerprint density at radius 3 is 2.53 bits per heavy atom. The summed E-state index contributed by atoms with van der Waals surface area (Å²) in [4.78, 5) is 35.0. The van der Waals surface area contributed by atoms with Crippen LogP contribution in [0.25, 0.3) is 0 Å². The second-order valence-corrected chi connectivity index (χ2v) is 4.00. The number of likely N-dealkylation sites (tertiary alicyclic amines) is 1. The van der Waals surface area contributed by atoms with Crippen LogP contribution in [0.1, 0.15) is 33.1 Å². The summed E-state index contributed by atoms with van der Waals surface area (Å²) >= 11 is 0. The molecule has 1 fully saturated rings. The van der Waals surface area contributed by atoms with Crippen molar-refractivity contribution >= 4 is 17.8 Å². The number of piperidine rings is 1. The summed E-state index contributed by atoms with van der Waals surface area (Å²) < 4.78 is 0. The second kappa shape index (κ2) is 4.42. The first-order valence-electron chi connectivity index (χ1n) is 5.04. The fraction of sp³-hybridized carbons (Fsp3) is 0.700. The van der Waals surface area contributed by atoms with Crippen molar-refractivity contribution in [3.05, 3.63) is 0 Å². The quantitative estimate of drug-likeness (QED) is 0.730. The van der Waals surface area contributed by atoms with Gasteiger partial charge in [-0.2, -0.15) is 0 Å². The van der Waals surface area contributed by atoms with Crippen molar-refractivity contribution in [3.63, 3.8) is 0 Å². The highest BCUT2D eigenvalue weighted by Crippen LogP contribution is 2.20. The van der Waals surface area contributed by atoms with Crippen molar-refractivity contribution in [2.24, 2.45) is 5.92 Å². The Kier molecular flexibility index (Phi) is 3.44. The molecule has 84 valence electrons. The number of carbonyl (C=O) groups is 3. The van der Waals surface area contributed by atoms with Gasteiger partial charge in [-0.3, -0.25) is 14.5 Å². The smallest absolute Gasteiger partial charge is 0.326 e. The molecule has 1 rings (SSSR count). The second-order valence-electron chi connectivity index (χ2n) is 4.00. The maximum Gasteiger partial charge on any atom is 0.326 e. The van der Waals surface area contributed by atoms with Crippen LogP contribution in [0.5, 0.6) is 0 Å². The first kappa shape index (κ1) is 11.7. The fourth-order valence-corrected chi connectivity index (χ4v) is 1.66. The van der Waals surface area contributed by atoms with Gasteiger partial charge in [-0.25, -0.2) is 4.79 Å². The van der Waals surface area contributed by atoms with Crippen LogP contribution >= 0.6 is 0 Å². The number of carboxylic acids is 1. The lowest BCUT2D eigenvalue weighted by atomic mass is 9.99. The summed E-state index contributed by atoms with van der Waals surface area (Å²) in [5.74, 6) is -2.22. The molecule has 0 aromatic rings. The van der Waals surface area contributed by atoms with E-state index in [0.717, 1.165) is 4.90 Å². The molecular weight excluding hydrogens is 198 g/mol. The number of hydrogen-bond donors (Lipinski definition) is 1. The van der Waals surface area contributed by atoms with Crippen molar-refractivity contribution in [1.29, 1.82) is 0 Å². The Balaban J connectivity index is 2.91. The normalized spacial score (nSPS) is 21.9. The molecule has 0 saturated carbocycles. The molecule has 1 aliphatic heterocycles. The van der Waals surface area contributed by atoms with E-state index < -0.39 is 17.9 Å². The summed E-state index contributed by atoms with van der Waals surface area (Å²) in [5.41, 5.74) is 0. The van der Waals surface area contributed by atoms with Gasteiger partial charge in [0, 0.05) is 12.3 Å². The van der Waals surface area contributed by atoms with E-state index >= 15 is 0 Å². The molecule has 2 amide bonds. The van der Waals surface area contributed by atoms with E-state index in [1.165, 1.54) is 0 Å². The molecule has 5 heteroatoms. The number of hydrogen-bond acceptors (Lipinski definition) is 3. The average molecular weight is 213 g/mol. The molecule has 0 bridgehead atoms. The lowest BCUT2D eigenvalue weighted by molar-refractivity contribution is -0.162. The van der Waals surface area contributed by atoms with Gasteiger partial charge in [0.15, 0.2) is 0 Å².